The van der Waals surface area contributed by atoms with Crippen LogP contribution in [0.2, 0.25) is 0 Å². The van der Waals surface area contributed by atoms with Crippen LogP contribution >= 0.6 is 15.7 Å². The van der Waals surface area contributed by atoms with E-state index in [2.05, 4.69) is 29.0 Å². The van der Waals surface area contributed by atoms with Crippen molar-refractivity contribution in [3.8, 4) is 0 Å². The van der Waals surface area contributed by atoms with E-state index in [1.807, 2.05) is 0 Å². The Kier molecular flexibility index (Phi) is 4.08. The molecule has 0 aromatic rings. The highest BCUT2D eigenvalue weighted by Crippen LogP contribution is 2.24. The van der Waals surface area contributed by atoms with Gasteiger partial charge in [0.2, 0.25) is 0 Å². The van der Waals surface area contributed by atoms with E-state index in [0.29, 0.717) is 0 Å². The maximum Gasteiger partial charge on any atom is -0.0298 e. The quantitative estimate of drug-likeness (QED) is 0.512. The summed E-state index contributed by atoms with van der Waals surface area (Å²) in [4.78, 5) is 0. The lowest BCUT2D eigenvalue weighted by atomic mass is 10.3. The molecule has 0 aliphatic heterocycles. The number of rotatable bonds is 2. The normalized spacial score (nSPS) is 14.9. The van der Waals surface area contributed by atoms with Crippen LogP contribution in [0.25, 0.3) is 0 Å². The van der Waals surface area contributed by atoms with Crippen molar-refractivity contribution in [1.82, 2.24) is 0 Å². The lowest BCUT2D eigenvalue weighted by Crippen LogP contribution is -1.86. The summed E-state index contributed by atoms with van der Waals surface area (Å²) >= 11 is 0. The summed E-state index contributed by atoms with van der Waals surface area (Å²) in [6.45, 7) is 6.80. The molecule has 44 valence electrons. The van der Waals surface area contributed by atoms with Crippen LogP contribution in [-0.2, 0) is 0 Å². The second-order valence-corrected chi connectivity index (χ2v) is 6.91. The van der Waals surface area contributed by atoms with Crippen molar-refractivity contribution < 1.29 is 0 Å². The first kappa shape index (κ1) is 7.73. The van der Waals surface area contributed by atoms with Gasteiger partial charge in [0.05, 0.1) is 0 Å². The maximum absolute atomic E-state index is 3.62. The van der Waals surface area contributed by atoms with E-state index >= 15 is 0 Å². The highest BCUT2D eigenvalue weighted by atomic mass is 31.7. The standard InChI is InChI=1S/C5H14P2/c1-5(2)4-7(3)6/h5-7H,4H2,1-3H3. The Bertz CT molecular complexity index is 66.5. The summed E-state index contributed by atoms with van der Waals surface area (Å²) in [5, 5.41) is 0. The average Bonchev–Trinajstić information content (AvgIpc) is 1.27. The van der Waals surface area contributed by atoms with Gasteiger partial charge in [0.1, 0.15) is 0 Å². The monoisotopic (exact) mass is 136 g/mol. The van der Waals surface area contributed by atoms with E-state index in [1.165, 1.54) is 6.16 Å². The Morgan fingerprint density at radius 1 is 1.57 bits per heavy atom. The SMILES string of the molecule is CC(C)C[PH](C)=P. The van der Waals surface area contributed by atoms with E-state index in [4.69, 9.17) is 0 Å². The van der Waals surface area contributed by atoms with Gasteiger partial charge in [0.15, 0.2) is 0 Å². The summed E-state index contributed by atoms with van der Waals surface area (Å²) < 4.78 is 0. The Labute approximate surface area is 49.1 Å². The number of hydrogen-bond donors (Lipinski definition) is 0. The molecule has 7 heavy (non-hydrogen) atoms. The first-order valence-electron chi connectivity index (χ1n) is 2.67. The molecule has 1 unspecified atom stereocenters. The molecule has 0 aliphatic rings. The fraction of sp³-hybridized carbons (Fsp3) is 1.00. The molecule has 0 fully saturated rings. The Balaban J connectivity index is 3.13. The molecule has 0 radical (unpaired) electrons. The van der Waals surface area contributed by atoms with E-state index < -0.39 is 0 Å². The molecule has 0 nitrogen and oxygen atoms in total. The molecule has 0 spiro atoms. The van der Waals surface area contributed by atoms with Crippen molar-refractivity contribution in [3.63, 3.8) is 0 Å². The van der Waals surface area contributed by atoms with Gasteiger partial charge in [-0.3, -0.25) is 0 Å². The van der Waals surface area contributed by atoms with Crippen molar-refractivity contribution in [1.29, 1.82) is 0 Å². The molecule has 0 saturated heterocycles. The third kappa shape index (κ3) is 6.73. The molecule has 2 heteroatoms. The molecule has 0 aliphatic carbocycles. The van der Waals surface area contributed by atoms with E-state index in [9.17, 15) is 0 Å². The summed E-state index contributed by atoms with van der Waals surface area (Å²) in [6, 6.07) is 0. The molecule has 0 bridgehead atoms. The van der Waals surface area contributed by atoms with Crippen LogP contribution in [0.15, 0.2) is 0 Å². The molecule has 0 N–H and O–H groups in total. The molecule has 0 aromatic heterocycles. The fourth-order valence-electron chi connectivity index (χ4n) is 0.612. The van der Waals surface area contributed by atoms with Crippen molar-refractivity contribution in [2.24, 2.45) is 5.92 Å². The van der Waals surface area contributed by atoms with Gasteiger partial charge in [-0.15, -0.1) is 15.7 Å². The maximum atomic E-state index is 3.62. The minimum Gasteiger partial charge on any atom is -0.129 e. The van der Waals surface area contributed by atoms with Crippen LogP contribution in [-0.4, -0.2) is 12.8 Å². The van der Waals surface area contributed by atoms with Gasteiger partial charge >= 0.3 is 0 Å². The molecular weight excluding hydrogens is 122 g/mol. The molecule has 0 heterocycles. The van der Waals surface area contributed by atoms with Crippen LogP contribution in [0.4, 0.5) is 0 Å². The third-order valence-corrected chi connectivity index (χ3v) is 2.76. The lowest BCUT2D eigenvalue weighted by molar-refractivity contribution is 0.748. The topological polar surface area (TPSA) is 0 Å². The second-order valence-electron chi connectivity index (χ2n) is 2.38. The van der Waals surface area contributed by atoms with Gasteiger partial charge in [-0.25, -0.2) is 0 Å². The van der Waals surface area contributed by atoms with Gasteiger partial charge in [-0.1, -0.05) is 13.8 Å². The first-order valence-corrected chi connectivity index (χ1v) is 6.37. The van der Waals surface area contributed by atoms with Gasteiger partial charge in [0.25, 0.3) is 0 Å². The Hall–Kier alpha value is 0.730. The largest absolute Gasteiger partial charge is 0.129 e. The summed E-state index contributed by atoms with van der Waals surface area (Å²) in [6.07, 6.45) is 1.38. The summed E-state index contributed by atoms with van der Waals surface area (Å²) in [7, 11) is 3.49. The molecule has 1 atom stereocenters. The predicted octanol–water partition coefficient (Wildman–Crippen LogP) is 2.54. The highest BCUT2D eigenvalue weighted by molar-refractivity contribution is 7.86. The van der Waals surface area contributed by atoms with Crippen LogP contribution in [0.3, 0.4) is 0 Å². The van der Waals surface area contributed by atoms with Crippen LogP contribution in [0.1, 0.15) is 13.8 Å². The lowest BCUT2D eigenvalue weighted by Gasteiger charge is -2.00. The average molecular weight is 136 g/mol. The van der Waals surface area contributed by atoms with Crippen LogP contribution in [0.5, 0.6) is 0 Å². The van der Waals surface area contributed by atoms with E-state index in [1.54, 1.807) is 0 Å². The predicted molar refractivity (Wildman–Crippen MR) is 42.3 cm³/mol. The zero-order valence-electron chi connectivity index (χ0n) is 5.28. The smallest absolute Gasteiger partial charge is 0.0298 e. The van der Waals surface area contributed by atoms with Gasteiger partial charge in [-0.05, 0) is 18.7 Å². The van der Waals surface area contributed by atoms with Crippen LogP contribution in [0, 0.1) is 5.92 Å². The summed E-state index contributed by atoms with van der Waals surface area (Å²) in [5.41, 5.74) is 0. The van der Waals surface area contributed by atoms with Gasteiger partial charge in [-0.2, -0.15) is 0 Å². The highest BCUT2D eigenvalue weighted by Gasteiger charge is 1.89. The third-order valence-electron chi connectivity index (χ3n) is 0.714. The van der Waals surface area contributed by atoms with E-state index in [0.717, 1.165) is 5.92 Å². The molecule has 0 saturated carbocycles. The fourth-order valence-corrected chi connectivity index (χ4v) is 3.06. The minimum atomic E-state index is -0.129. The van der Waals surface area contributed by atoms with Crippen molar-refractivity contribution in [3.05, 3.63) is 0 Å². The van der Waals surface area contributed by atoms with Crippen molar-refractivity contribution >= 4 is 15.7 Å². The first-order chi connectivity index (χ1) is 3.13. The molecule has 0 aromatic carbocycles. The molecule has 0 rings (SSSR count). The zero-order chi connectivity index (χ0) is 5.86. The molecule has 0 amide bonds. The number of hydrogen-bond acceptors (Lipinski definition) is 0. The van der Waals surface area contributed by atoms with E-state index in [-0.39, 0.29) is 7.21 Å². The Morgan fingerprint density at radius 2 is 2.00 bits per heavy atom. The minimum absolute atomic E-state index is 0.129. The van der Waals surface area contributed by atoms with Gasteiger partial charge in [0, 0.05) is 0 Å². The van der Waals surface area contributed by atoms with Crippen molar-refractivity contribution in [2.75, 3.05) is 12.8 Å². The van der Waals surface area contributed by atoms with Gasteiger partial charge < -0.3 is 0 Å². The Morgan fingerprint density at radius 3 is 2.00 bits per heavy atom. The van der Waals surface area contributed by atoms with Crippen molar-refractivity contribution in [2.45, 2.75) is 13.8 Å². The zero-order valence-corrected chi connectivity index (χ0v) is 7.28. The second kappa shape index (κ2) is 3.70. The molecular formula is C5H14P2. The van der Waals surface area contributed by atoms with Crippen LogP contribution < -0.4 is 0 Å². The summed E-state index contributed by atoms with van der Waals surface area (Å²) in [5.74, 6) is 0.872.